The average molecular weight is 600 g/mol. The Morgan fingerprint density at radius 1 is 0.907 bits per heavy atom. The van der Waals surface area contributed by atoms with Gasteiger partial charge in [-0.15, -0.1) is 0 Å². The first-order valence-corrected chi connectivity index (χ1v) is 17.0. The minimum absolute atomic E-state index is 0.0359. The molecular formula is C37H61NO5. The summed E-state index contributed by atoms with van der Waals surface area (Å²) in [7, 11) is 1.81. The zero-order valence-corrected chi connectivity index (χ0v) is 29.4. The molecule has 1 N–H and O–H groups in total. The number of hydrogen-bond acceptors (Lipinski definition) is 5. The number of rotatable bonds is 2. The van der Waals surface area contributed by atoms with Crippen LogP contribution in [0.2, 0.25) is 0 Å². The minimum atomic E-state index is -0.952. The number of ketones is 1. The van der Waals surface area contributed by atoms with Crippen molar-refractivity contribution >= 4 is 17.7 Å². The van der Waals surface area contributed by atoms with Gasteiger partial charge in [0.25, 0.3) is 0 Å². The predicted molar refractivity (Wildman–Crippen MR) is 171 cm³/mol. The van der Waals surface area contributed by atoms with Crippen molar-refractivity contribution in [3.63, 3.8) is 0 Å². The van der Waals surface area contributed by atoms with Crippen molar-refractivity contribution in [2.75, 3.05) is 7.05 Å². The van der Waals surface area contributed by atoms with Gasteiger partial charge in [0.2, 0.25) is 5.91 Å². The Morgan fingerprint density at radius 3 is 2.05 bits per heavy atom. The molecule has 4 fully saturated rings. The van der Waals surface area contributed by atoms with Crippen LogP contribution in [-0.4, -0.2) is 40.4 Å². The zero-order valence-electron chi connectivity index (χ0n) is 29.4. The van der Waals surface area contributed by atoms with Crippen molar-refractivity contribution in [2.45, 2.75) is 146 Å². The second-order valence-electron chi connectivity index (χ2n) is 17.7. The normalized spacial score (nSPS) is 40.0. The lowest BCUT2D eigenvalue weighted by Crippen LogP contribution is -2.64. The summed E-state index contributed by atoms with van der Waals surface area (Å²) in [5, 5.41) is 9.47. The van der Waals surface area contributed by atoms with Gasteiger partial charge in [0.05, 0.1) is 0 Å². The molecule has 4 saturated carbocycles. The summed E-state index contributed by atoms with van der Waals surface area (Å²) < 4.78 is 0. The molecule has 5 aliphatic rings. The summed E-state index contributed by atoms with van der Waals surface area (Å²) in [6.45, 7) is 24.4. The van der Waals surface area contributed by atoms with Crippen molar-refractivity contribution in [3.05, 3.63) is 11.1 Å². The number of Topliss-reactive ketones (excluding diaryl/α,β-unsaturated/α-hetero) is 1. The lowest BCUT2D eigenvalue weighted by atomic mass is 9.33. The van der Waals surface area contributed by atoms with Gasteiger partial charge < -0.3 is 9.79 Å². The van der Waals surface area contributed by atoms with Gasteiger partial charge in [-0.05, 0) is 129 Å². The maximum atomic E-state index is 13.3. The topological polar surface area (TPSA) is 83.9 Å². The molecule has 0 spiro atoms. The van der Waals surface area contributed by atoms with Crippen LogP contribution in [0.15, 0.2) is 11.1 Å². The Labute approximate surface area is 261 Å². The molecule has 7 atom stereocenters. The van der Waals surface area contributed by atoms with Crippen molar-refractivity contribution < 1.29 is 24.5 Å². The lowest BCUT2D eigenvalue weighted by Gasteiger charge is -2.71. The smallest absolute Gasteiger partial charge is 0.341 e. The Morgan fingerprint density at radius 2 is 1.53 bits per heavy atom. The molecule has 0 radical (unpaired) electrons. The molecule has 0 aromatic carbocycles. The Hall–Kier alpha value is -1.69. The van der Waals surface area contributed by atoms with Gasteiger partial charge in [0.15, 0.2) is 5.78 Å². The van der Waals surface area contributed by atoms with Crippen LogP contribution in [0.3, 0.4) is 0 Å². The van der Waals surface area contributed by atoms with Crippen LogP contribution in [0, 0.1) is 50.7 Å². The van der Waals surface area contributed by atoms with Crippen LogP contribution in [0.5, 0.6) is 0 Å². The van der Waals surface area contributed by atoms with Crippen LogP contribution >= 0.6 is 0 Å². The van der Waals surface area contributed by atoms with Crippen LogP contribution in [-0.2, 0) is 19.3 Å². The first-order valence-electron chi connectivity index (χ1n) is 17.0. The molecule has 5 aliphatic carbocycles. The van der Waals surface area contributed by atoms with E-state index in [9.17, 15) is 19.6 Å². The van der Waals surface area contributed by atoms with Crippen LogP contribution < -0.4 is 0 Å². The fourth-order valence-electron chi connectivity index (χ4n) is 11.5. The van der Waals surface area contributed by atoms with E-state index in [-0.39, 0.29) is 46.3 Å². The van der Waals surface area contributed by atoms with E-state index in [0.717, 1.165) is 29.9 Å². The Kier molecular flexibility index (Phi) is 8.73. The molecule has 0 aromatic rings. The van der Waals surface area contributed by atoms with E-state index in [1.165, 1.54) is 38.5 Å². The highest BCUT2D eigenvalue weighted by Crippen LogP contribution is 2.76. The molecule has 5 rings (SSSR count). The summed E-state index contributed by atoms with van der Waals surface area (Å²) in [4.78, 5) is 43.2. The summed E-state index contributed by atoms with van der Waals surface area (Å²) >= 11 is 0. The Bertz CT molecular complexity index is 1180. The predicted octanol–water partition coefficient (Wildman–Crippen LogP) is 8.64. The number of allylic oxidation sites excluding steroid dienone is 1. The second-order valence-corrected chi connectivity index (χ2v) is 17.7. The fraction of sp³-hybridized carbons (Fsp3) is 0.865. The highest BCUT2D eigenvalue weighted by atomic mass is 17.1. The molecule has 0 bridgehead atoms. The van der Waals surface area contributed by atoms with Gasteiger partial charge in [0.1, 0.15) is 5.41 Å². The monoisotopic (exact) mass is 599 g/mol. The van der Waals surface area contributed by atoms with Crippen LogP contribution in [0.25, 0.3) is 0 Å². The van der Waals surface area contributed by atoms with Crippen molar-refractivity contribution in [1.82, 2.24) is 4.90 Å². The summed E-state index contributed by atoms with van der Waals surface area (Å²) in [5.41, 5.74) is 1.93. The zero-order chi connectivity index (χ0) is 32.6. The van der Waals surface area contributed by atoms with Crippen molar-refractivity contribution in [1.29, 1.82) is 0 Å². The highest BCUT2D eigenvalue weighted by molar-refractivity contribution is 6.05. The lowest BCUT2D eigenvalue weighted by molar-refractivity contribution is -0.250. The third-order valence-electron chi connectivity index (χ3n) is 14.1. The molecular weight excluding hydrogens is 538 g/mol. The molecule has 0 unspecified atom stereocenters. The van der Waals surface area contributed by atoms with E-state index in [1.807, 2.05) is 27.8 Å². The molecule has 6 nitrogen and oxygen atoms in total. The summed E-state index contributed by atoms with van der Waals surface area (Å²) in [6, 6.07) is 0. The van der Waals surface area contributed by atoms with E-state index >= 15 is 0 Å². The number of amides is 1. The molecule has 6 heteroatoms. The SMILES string of the molecule is CC(=O)N(C)C(C)(C)C.CC(C)C1=C2[C@H]3CC[C@@H]4[C@@]5(C)CCCC(C)(C)[C@@H]5CC[C@@]4(C)[C@]3(C)CC[C@@]2(C(=O)OO)CC1=O. The molecule has 43 heavy (non-hydrogen) atoms. The number of carbonyl (C=O) groups is 3. The third-order valence-corrected chi connectivity index (χ3v) is 14.1. The molecule has 0 heterocycles. The van der Waals surface area contributed by atoms with Gasteiger partial charge in [-0.3, -0.25) is 9.59 Å². The maximum absolute atomic E-state index is 13.3. The average Bonchev–Trinajstić information content (AvgIpc) is 3.20. The summed E-state index contributed by atoms with van der Waals surface area (Å²) in [6.07, 6.45) is 10.5. The van der Waals surface area contributed by atoms with E-state index < -0.39 is 11.4 Å². The maximum Gasteiger partial charge on any atom is 0.352 e. The minimum Gasteiger partial charge on any atom is -0.341 e. The van der Waals surface area contributed by atoms with E-state index in [1.54, 1.807) is 11.8 Å². The first kappa shape index (κ1) is 34.2. The quantitative estimate of drug-likeness (QED) is 0.254. The fourth-order valence-corrected chi connectivity index (χ4v) is 11.5. The van der Waals surface area contributed by atoms with E-state index in [0.29, 0.717) is 23.2 Å². The largest absolute Gasteiger partial charge is 0.352 e. The highest BCUT2D eigenvalue weighted by Gasteiger charge is 2.70. The van der Waals surface area contributed by atoms with Gasteiger partial charge in [-0.25, -0.2) is 4.79 Å². The van der Waals surface area contributed by atoms with Crippen LogP contribution in [0.4, 0.5) is 0 Å². The first-order chi connectivity index (χ1) is 19.6. The third kappa shape index (κ3) is 5.04. The van der Waals surface area contributed by atoms with Gasteiger partial charge >= 0.3 is 5.97 Å². The van der Waals surface area contributed by atoms with Gasteiger partial charge in [-0.1, -0.05) is 54.9 Å². The van der Waals surface area contributed by atoms with Crippen molar-refractivity contribution in [2.24, 2.45) is 50.7 Å². The Balaban J connectivity index is 0.000000410. The molecule has 0 aliphatic heterocycles. The number of hydrogen-bond donors (Lipinski definition) is 1. The van der Waals surface area contributed by atoms with Gasteiger partial charge in [0, 0.05) is 25.9 Å². The standard InChI is InChI=1S/C30H46O4.C7H15NO/c1-18(2)23-20(31)17-30(25(32)34-33)16-15-28(6)19(24(23)30)9-10-22-27(5)13-8-12-26(3,4)21(27)11-14-29(22,28)7;1-6(9)8(5)7(2,3)4/h18-19,21-22,33H,8-17H2,1-7H3;1-5H3/t19-,21+,22-,27+,28-,29-,30-;/m1./s1. The number of fused-ring (bicyclic) bond motifs is 7. The number of nitrogens with zero attached hydrogens (tertiary/aromatic N) is 1. The van der Waals surface area contributed by atoms with Crippen molar-refractivity contribution in [3.8, 4) is 0 Å². The molecule has 1 amide bonds. The van der Waals surface area contributed by atoms with E-state index in [4.69, 9.17) is 0 Å². The summed E-state index contributed by atoms with van der Waals surface area (Å²) in [5.74, 6) is 1.34. The second kappa shape index (κ2) is 11.0. The van der Waals surface area contributed by atoms with E-state index in [2.05, 4.69) is 53.4 Å². The molecule has 0 saturated heterocycles. The van der Waals surface area contributed by atoms with Crippen LogP contribution in [0.1, 0.15) is 140 Å². The number of carbonyl (C=O) groups excluding carboxylic acids is 3. The van der Waals surface area contributed by atoms with Gasteiger partial charge in [-0.2, -0.15) is 5.26 Å². The molecule has 0 aromatic heterocycles. The molecule has 244 valence electrons.